The molecule has 1 fully saturated rings. The fourth-order valence-corrected chi connectivity index (χ4v) is 5.97. The van der Waals surface area contributed by atoms with Gasteiger partial charge < -0.3 is 35.4 Å². The zero-order valence-electron chi connectivity index (χ0n) is 27.7. The van der Waals surface area contributed by atoms with Crippen molar-refractivity contribution >= 4 is 29.1 Å². The molecule has 3 rings (SSSR count). The Hall–Kier alpha value is -2.90. The molecule has 3 amide bonds. The zero-order chi connectivity index (χ0) is 33.1. The molecule has 0 saturated carbocycles. The van der Waals surface area contributed by atoms with E-state index in [1.807, 2.05) is 64.4 Å². The van der Waals surface area contributed by atoms with Gasteiger partial charge in [0.25, 0.3) is 0 Å². The van der Waals surface area contributed by atoms with Gasteiger partial charge >= 0.3 is 0 Å². The van der Waals surface area contributed by atoms with E-state index in [0.717, 1.165) is 28.2 Å². The number of amides is 3. The van der Waals surface area contributed by atoms with Crippen LogP contribution < -0.4 is 16.0 Å². The molecule has 0 bridgehead atoms. The topological polar surface area (TPSA) is 142 Å². The number of nitrogens with one attached hydrogen (secondary N) is 3. The normalized spacial score (nSPS) is 18.2. The summed E-state index contributed by atoms with van der Waals surface area (Å²) in [6.45, 7) is 16.0. The van der Waals surface area contributed by atoms with E-state index < -0.39 is 29.5 Å². The van der Waals surface area contributed by atoms with Gasteiger partial charge in [0, 0.05) is 32.0 Å². The van der Waals surface area contributed by atoms with Gasteiger partial charge in [0.05, 0.1) is 54.7 Å². The van der Waals surface area contributed by atoms with Crippen molar-refractivity contribution in [3.8, 4) is 10.4 Å². The molecule has 4 atom stereocenters. The van der Waals surface area contributed by atoms with Crippen molar-refractivity contribution in [2.75, 3.05) is 39.5 Å². The van der Waals surface area contributed by atoms with Gasteiger partial charge in [-0.2, -0.15) is 0 Å². The average molecular weight is 646 g/mol. The number of hydrogen-bond acceptors (Lipinski definition) is 9. The van der Waals surface area contributed by atoms with Crippen molar-refractivity contribution in [3.05, 3.63) is 41.0 Å². The Labute approximate surface area is 271 Å². The summed E-state index contributed by atoms with van der Waals surface area (Å²) in [4.78, 5) is 46.9. The quantitative estimate of drug-likeness (QED) is 0.204. The predicted octanol–water partition coefficient (Wildman–Crippen LogP) is 3.21. The average Bonchev–Trinajstić information content (AvgIpc) is 3.59. The third-order valence-corrected chi connectivity index (χ3v) is 8.68. The molecule has 1 unspecified atom stereocenters. The minimum absolute atomic E-state index is 0.0203. The number of hydrogen-bond donors (Lipinski definition) is 4. The van der Waals surface area contributed by atoms with Crippen LogP contribution in [-0.2, 0) is 23.9 Å². The Bertz CT molecular complexity index is 1240. The highest BCUT2D eigenvalue weighted by Crippen LogP contribution is 2.29. The zero-order valence-corrected chi connectivity index (χ0v) is 28.5. The lowest BCUT2D eigenvalue weighted by Gasteiger charge is -2.35. The third kappa shape index (κ3) is 11.1. The fraction of sp³-hybridized carbons (Fsp3) is 0.636. The number of carbonyl (C=O) groups excluding carboxylic acids is 3. The third-order valence-electron chi connectivity index (χ3n) is 7.70. The smallest absolute Gasteiger partial charge is 0.246 e. The monoisotopic (exact) mass is 645 g/mol. The van der Waals surface area contributed by atoms with E-state index in [1.165, 1.54) is 4.90 Å². The van der Waals surface area contributed by atoms with E-state index in [1.54, 1.807) is 11.3 Å². The van der Waals surface area contributed by atoms with E-state index in [9.17, 15) is 19.5 Å². The number of benzene rings is 1. The van der Waals surface area contributed by atoms with Gasteiger partial charge in [-0.05, 0) is 30.4 Å². The summed E-state index contributed by atoms with van der Waals surface area (Å²) in [6.07, 6.45) is -0.627. The first-order valence-corrected chi connectivity index (χ1v) is 16.6. The van der Waals surface area contributed by atoms with Gasteiger partial charge in [-0.25, -0.2) is 4.98 Å². The molecule has 1 aromatic heterocycles. The lowest BCUT2D eigenvalue weighted by Crippen LogP contribution is -2.58. The molecular formula is C33H51N5O6S. The van der Waals surface area contributed by atoms with Crippen LogP contribution in [-0.4, -0.2) is 96.5 Å². The molecule has 1 aliphatic heterocycles. The summed E-state index contributed by atoms with van der Waals surface area (Å²) >= 11 is 1.58. The van der Waals surface area contributed by atoms with Crippen molar-refractivity contribution in [2.24, 2.45) is 5.41 Å². The molecule has 0 spiro atoms. The first-order valence-electron chi connectivity index (χ1n) is 15.8. The van der Waals surface area contributed by atoms with Crippen LogP contribution in [0.3, 0.4) is 0 Å². The van der Waals surface area contributed by atoms with Gasteiger partial charge in [0.15, 0.2) is 0 Å². The highest BCUT2D eigenvalue weighted by atomic mass is 32.1. The molecular weight excluding hydrogens is 594 g/mol. The fourth-order valence-electron chi connectivity index (χ4n) is 5.16. The number of aliphatic hydroxyl groups is 1. The maximum absolute atomic E-state index is 13.8. The minimum Gasteiger partial charge on any atom is -0.391 e. The molecule has 1 aliphatic rings. The minimum atomic E-state index is -0.887. The molecule has 0 radical (unpaired) electrons. The summed E-state index contributed by atoms with van der Waals surface area (Å²) in [6, 6.07) is 6.31. The van der Waals surface area contributed by atoms with E-state index in [0.29, 0.717) is 25.9 Å². The van der Waals surface area contributed by atoms with Crippen LogP contribution >= 0.6 is 11.3 Å². The molecule has 2 aromatic rings. The first-order chi connectivity index (χ1) is 21.3. The highest BCUT2D eigenvalue weighted by Gasteiger charge is 2.44. The largest absolute Gasteiger partial charge is 0.391 e. The van der Waals surface area contributed by atoms with Crippen molar-refractivity contribution in [3.63, 3.8) is 0 Å². The van der Waals surface area contributed by atoms with Crippen molar-refractivity contribution < 1.29 is 29.0 Å². The van der Waals surface area contributed by atoms with E-state index in [2.05, 4.69) is 34.8 Å². The molecule has 11 nitrogen and oxygen atoms in total. The summed E-state index contributed by atoms with van der Waals surface area (Å²) < 4.78 is 11.0. The second-order valence-electron chi connectivity index (χ2n) is 13.0. The number of rotatable bonds is 16. The van der Waals surface area contributed by atoms with Crippen LogP contribution in [0.4, 0.5) is 0 Å². The maximum atomic E-state index is 13.8. The van der Waals surface area contributed by atoms with Gasteiger partial charge in [-0.3, -0.25) is 14.4 Å². The molecule has 12 heteroatoms. The Balaban J connectivity index is 1.54. The molecule has 250 valence electrons. The van der Waals surface area contributed by atoms with Crippen molar-refractivity contribution in [2.45, 2.75) is 91.6 Å². The summed E-state index contributed by atoms with van der Waals surface area (Å²) in [5.41, 5.74) is 4.15. The van der Waals surface area contributed by atoms with Crippen molar-refractivity contribution in [1.82, 2.24) is 25.8 Å². The number of likely N-dealkylation sites (tertiary alicyclic amines) is 1. The second-order valence-corrected chi connectivity index (χ2v) is 13.8. The van der Waals surface area contributed by atoms with E-state index in [4.69, 9.17) is 9.47 Å². The molecule has 45 heavy (non-hydrogen) atoms. The number of carbonyl (C=O) groups is 3. The van der Waals surface area contributed by atoms with Gasteiger partial charge in [-0.15, -0.1) is 11.3 Å². The summed E-state index contributed by atoms with van der Waals surface area (Å²) in [7, 11) is 0. The highest BCUT2D eigenvalue weighted by molar-refractivity contribution is 7.13. The maximum Gasteiger partial charge on any atom is 0.246 e. The number of β-amino-alcohol motifs (C(OH)–C–C–N with tert-alkyl or cyclic N) is 1. The number of aromatic nitrogens is 1. The molecule has 1 aromatic carbocycles. The summed E-state index contributed by atoms with van der Waals surface area (Å²) in [5.74, 6) is -1.06. The van der Waals surface area contributed by atoms with Gasteiger partial charge in [0.2, 0.25) is 17.7 Å². The standard InChI is InChI=1S/C33H51N5O6S/c1-21(2)34-13-15-44-17-16-43-14-12-28(40)37-30(33(5,6)7)32(42)38-19-26(39)18-27(38)31(41)36-22(3)24-8-10-25(11-9-24)29-23(4)35-20-45-29/h8-11,20-22,26-27,30,34,39H,12-19H2,1-7H3,(H,36,41)(H,37,40)/t22-,26+,27?,30+/m0/s1. The lowest BCUT2D eigenvalue weighted by atomic mass is 9.85. The Morgan fingerprint density at radius 3 is 2.31 bits per heavy atom. The predicted molar refractivity (Wildman–Crippen MR) is 176 cm³/mol. The molecule has 2 heterocycles. The van der Waals surface area contributed by atoms with Crippen LogP contribution in [0, 0.1) is 12.3 Å². The number of aliphatic hydroxyl groups excluding tert-OH is 1. The lowest BCUT2D eigenvalue weighted by molar-refractivity contribution is -0.144. The molecule has 4 N–H and O–H groups in total. The first kappa shape index (κ1) is 36.6. The SMILES string of the molecule is Cc1ncsc1-c1ccc([C@H](C)NC(=O)C2C[C@@H](O)CN2C(=O)[C@@H](NC(=O)CCOCCOCCNC(C)C)C(C)(C)C)cc1. The summed E-state index contributed by atoms with van der Waals surface area (Å²) in [5, 5.41) is 19.6. The van der Waals surface area contributed by atoms with Crippen LogP contribution in [0.1, 0.15) is 71.7 Å². The van der Waals surface area contributed by atoms with Crippen LogP contribution in [0.15, 0.2) is 29.8 Å². The molecule has 1 saturated heterocycles. The number of aryl methyl sites for hydroxylation is 1. The molecule has 0 aliphatic carbocycles. The second kappa shape index (κ2) is 17.1. The number of nitrogens with zero attached hydrogens (tertiary/aromatic N) is 2. The van der Waals surface area contributed by atoms with Gasteiger partial charge in [-0.1, -0.05) is 58.9 Å². The van der Waals surface area contributed by atoms with E-state index >= 15 is 0 Å². The van der Waals surface area contributed by atoms with Gasteiger partial charge in [0.1, 0.15) is 12.1 Å². The number of thiazole rings is 1. The number of ether oxygens (including phenoxy) is 2. The Morgan fingerprint density at radius 2 is 1.71 bits per heavy atom. The Kier molecular flexibility index (Phi) is 13.9. The van der Waals surface area contributed by atoms with E-state index in [-0.39, 0.29) is 43.8 Å². The van der Waals surface area contributed by atoms with Crippen LogP contribution in [0.25, 0.3) is 10.4 Å². The van der Waals surface area contributed by atoms with Crippen LogP contribution in [0.2, 0.25) is 0 Å². The van der Waals surface area contributed by atoms with Crippen LogP contribution in [0.5, 0.6) is 0 Å². The Morgan fingerprint density at radius 1 is 1.04 bits per heavy atom. The van der Waals surface area contributed by atoms with Crippen molar-refractivity contribution in [1.29, 1.82) is 0 Å².